The van der Waals surface area contributed by atoms with E-state index in [9.17, 15) is 4.79 Å². The minimum absolute atomic E-state index is 0.0937. The summed E-state index contributed by atoms with van der Waals surface area (Å²) in [6.07, 6.45) is 4.27. The molecule has 1 amide bonds. The fraction of sp³-hybridized carbons (Fsp3) is 0.700. The van der Waals surface area contributed by atoms with Crippen LogP contribution in [0.15, 0.2) is 0 Å². The smallest absolute Gasteiger partial charge is 0.232 e. The van der Waals surface area contributed by atoms with E-state index in [1.165, 1.54) is 11.5 Å². The average Bonchev–Trinajstić information content (AvgIpc) is 2.76. The lowest BCUT2D eigenvalue weighted by Gasteiger charge is -2.20. The van der Waals surface area contributed by atoms with Crippen LogP contribution in [0.3, 0.4) is 0 Å². The van der Waals surface area contributed by atoms with Gasteiger partial charge in [-0.15, -0.1) is 0 Å². The zero-order chi connectivity index (χ0) is 10.9. The van der Waals surface area contributed by atoms with Gasteiger partial charge < -0.3 is 5.32 Å². The lowest BCUT2D eigenvalue weighted by molar-refractivity contribution is -0.124. The van der Waals surface area contributed by atoms with Crippen molar-refractivity contribution in [2.24, 2.45) is 5.41 Å². The Balaban J connectivity index is 2.03. The quantitative estimate of drug-likeness (QED) is 0.840. The van der Waals surface area contributed by atoms with Gasteiger partial charge in [-0.1, -0.05) is 19.8 Å². The molecule has 1 aliphatic carbocycles. The van der Waals surface area contributed by atoms with E-state index in [1.807, 2.05) is 13.8 Å². The first-order valence-corrected chi connectivity index (χ1v) is 5.99. The Labute approximate surface area is 93.3 Å². The van der Waals surface area contributed by atoms with Crippen LogP contribution in [0.2, 0.25) is 0 Å². The fourth-order valence-electron chi connectivity index (χ4n) is 1.98. The van der Waals surface area contributed by atoms with Gasteiger partial charge in [0.2, 0.25) is 11.0 Å². The molecule has 5 heteroatoms. The number of hydrogen-bond donors (Lipinski definition) is 1. The first kappa shape index (κ1) is 10.5. The monoisotopic (exact) mass is 225 g/mol. The first-order chi connectivity index (χ1) is 7.10. The van der Waals surface area contributed by atoms with E-state index in [0.29, 0.717) is 11.0 Å². The van der Waals surface area contributed by atoms with Crippen LogP contribution in [0.4, 0.5) is 5.13 Å². The summed E-state index contributed by atoms with van der Waals surface area (Å²) in [5, 5.41) is 3.47. The lowest BCUT2D eigenvalue weighted by atomic mass is 9.88. The Kier molecular flexibility index (Phi) is 2.73. The number of nitrogens with one attached hydrogen (secondary N) is 1. The van der Waals surface area contributed by atoms with Gasteiger partial charge in [-0.3, -0.25) is 4.79 Å². The highest BCUT2D eigenvalue weighted by Crippen LogP contribution is 2.38. The SMILES string of the molecule is Cc1nsc(NC(=O)C2(C)CCCC2)n1. The molecule has 82 valence electrons. The Morgan fingerprint density at radius 1 is 1.47 bits per heavy atom. The summed E-state index contributed by atoms with van der Waals surface area (Å²) in [6, 6.07) is 0. The topological polar surface area (TPSA) is 54.9 Å². The predicted octanol–water partition coefficient (Wildman–Crippen LogP) is 2.37. The fourth-order valence-corrected chi connectivity index (χ4v) is 2.55. The van der Waals surface area contributed by atoms with Gasteiger partial charge in [0.15, 0.2) is 0 Å². The molecule has 0 spiro atoms. The molecule has 0 unspecified atom stereocenters. The highest BCUT2D eigenvalue weighted by Gasteiger charge is 2.36. The molecule has 4 nitrogen and oxygen atoms in total. The third-order valence-corrected chi connectivity index (χ3v) is 3.73. The minimum atomic E-state index is -0.195. The molecule has 1 aromatic rings. The second-order valence-corrected chi connectivity index (χ2v) is 5.12. The van der Waals surface area contributed by atoms with Gasteiger partial charge in [-0.05, 0) is 19.8 Å². The lowest BCUT2D eigenvalue weighted by Crippen LogP contribution is -2.30. The Hall–Kier alpha value is -0.970. The summed E-state index contributed by atoms with van der Waals surface area (Å²) in [4.78, 5) is 16.1. The number of aromatic nitrogens is 2. The van der Waals surface area contributed by atoms with Crippen molar-refractivity contribution in [2.75, 3.05) is 5.32 Å². The van der Waals surface area contributed by atoms with Gasteiger partial charge in [0.05, 0.1) is 0 Å². The van der Waals surface area contributed by atoms with Gasteiger partial charge in [0.25, 0.3) is 0 Å². The normalized spacial score (nSPS) is 19.1. The van der Waals surface area contributed by atoms with Crippen molar-refractivity contribution >= 4 is 22.6 Å². The number of nitrogens with zero attached hydrogens (tertiary/aromatic N) is 2. The van der Waals surface area contributed by atoms with Gasteiger partial charge in [-0.25, -0.2) is 4.98 Å². The van der Waals surface area contributed by atoms with Gasteiger partial charge in [0.1, 0.15) is 5.82 Å². The van der Waals surface area contributed by atoms with Crippen LogP contribution in [0.1, 0.15) is 38.4 Å². The number of anilines is 1. The molecule has 1 aromatic heterocycles. The van der Waals surface area contributed by atoms with Crippen molar-refractivity contribution in [2.45, 2.75) is 39.5 Å². The van der Waals surface area contributed by atoms with Crippen molar-refractivity contribution in [3.63, 3.8) is 0 Å². The second kappa shape index (κ2) is 3.89. The summed E-state index contributed by atoms with van der Waals surface area (Å²) < 4.78 is 4.03. The molecule has 0 radical (unpaired) electrons. The molecule has 0 saturated heterocycles. The summed E-state index contributed by atoms with van der Waals surface area (Å²) in [5.41, 5.74) is -0.195. The molecule has 1 aliphatic rings. The third-order valence-electron chi connectivity index (χ3n) is 3.00. The number of rotatable bonds is 2. The molecular formula is C10H15N3OS. The Bertz CT molecular complexity index is 368. The third kappa shape index (κ3) is 2.17. The van der Waals surface area contributed by atoms with Crippen LogP contribution < -0.4 is 5.32 Å². The van der Waals surface area contributed by atoms with Crippen molar-refractivity contribution in [1.29, 1.82) is 0 Å². The molecule has 0 atom stereocenters. The summed E-state index contributed by atoms with van der Waals surface area (Å²) in [5.74, 6) is 0.808. The maximum Gasteiger partial charge on any atom is 0.232 e. The summed E-state index contributed by atoms with van der Waals surface area (Å²) in [7, 11) is 0. The molecule has 1 fully saturated rings. The van der Waals surface area contributed by atoms with Crippen LogP contribution >= 0.6 is 11.5 Å². The zero-order valence-corrected chi connectivity index (χ0v) is 9.86. The average molecular weight is 225 g/mol. The number of carbonyl (C=O) groups is 1. The van der Waals surface area contributed by atoms with Gasteiger partial charge >= 0.3 is 0 Å². The summed E-state index contributed by atoms with van der Waals surface area (Å²) >= 11 is 1.24. The van der Waals surface area contributed by atoms with Crippen LogP contribution in [-0.2, 0) is 4.79 Å². The predicted molar refractivity (Wildman–Crippen MR) is 59.9 cm³/mol. The molecule has 0 aromatic carbocycles. The molecule has 0 bridgehead atoms. The molecule has 15 heavy (non-hydrogen) atoms. The largest absolute Gasteiger partial charge is 0.300 e. The molecular weight excluding hydrogens is 210 g/mol. The standard InChI is InChI=1S/C10H15N3OS/c1-7-11-9(15-13-7)12-8(14)10(2)5-3-4-6-10/h3-6H2,1-2H3,(H,11,12,13,14). The zero-order valence-electron chi connectivity index (χ0n) is 9.04. The minimum Gasteiger partial charge on any atom is -0.300 e. The van der Waals surface area contributed by atoms with Gasteiger partial charge in [-0.2, -0.15) is 4.37 Å². The number of hydrogen-bond acceptors (Lipinski definition) is 4. The molecule has 0 aliphatic heterocycles. The van der Waals surface area contributed by atoms with Crippen LogP contribution in [0.25, 0.3) is 0 Å². The number of aryl methyl sites for hydroxylation is 1. The van der Waals surface area contributed by atoms with Gasteiger partial charge in [0, 0.05) is 16.9 Å². The van der Waals surface area contributed by atoms with Crippen LogP contribution in [0.5, 0.6) is 0 Å². The van der Waals surface area contributed by atoms with E-state index in [0.717, 1.165) is 25.7 Å². The number of amides is 1. The Morgan fingerprint density at radius 2 is 2.13 bits per heavy atom. The maximum absolute atomic E-state index is 12.0. The van der Waals surface area contributed by atoms with E-state index in [1.54, 1.807) is 0 Å². The van der Waals surface area contributed by atoms with Crippen molar-refractivity contribution in [3.05, 3.63) is 5.82 Å². The Morgan fingerprint density at radius 3 is 2.67 bits per heavy atom. The first-order valence-electron chi connectivity index (χ1n) is 5.22. The molecule has 2 rings (SSSR count). The van der Waals surface area contributed by atoms with Crippen LogP contribution in [-0.4, -0.2) is 15.3 Å². The van der Waals surface area contributed by atoms with E-state index in [-0.39, 0.29) is 11.3 Å². The number of carbonyl (C=O) groups excluding carboxylic acids is 1. The molecule has 1 N–H and O–H groups in total. The van der Waals surface area contributed by atoms with Crippen molar-refractivity contribution in [1.82, 2.24) is 9.36 Å². The molecule has 1 heterocycles. The van der Waals surface area contributed by atoms with E-state index in [4.69, 9.17) is 0 Å². The van der Waals surface area contributed by atoms with E-state index >= 15 is 0 Å². The van der Waals surface area contributed by atoms with E-state index < -0.39 is 0 Å². The van der Waals surface area contributed by atoms with Crippen molar-refractivity contribution in [3.8, 4) is 0 Å². The second-order valence-electron chi connectivity index (χ2n) is 4.37. The van der Waals surface area contributed by atoms with Crippen LogP contribution in [0, 0.1) is 12.3 Å². The highest BCUT2D eigenvalue weighted by molar-refractivity contribution is 7.09. The van der Waals surface area contributed by atoms with E-state index in [2.05, 4.69) is 14.7 Å². The molecule has 1 saturated carbocycles. The summed E-state index contributed by atoms with van der Waals surface area (Å²) in [6.45, 7) is 3.85. The highest BCUT2D eigenvalue weighted by atomic mass is 32.1. The maximum atomic E-state index is 12.0. The van der Waals surface area contributed by atoms with Crippen molar-refractivity contribution < 1.29 is 4.79 Å².